The van der Waals surface area contributed by atoms with E-state index in [1.807, 2.05) is 24.3 Å². The minimum Gasteiger partial charge on any atom is -0.369 e. The second-order valence-electron chi connectivity index (χ2n) is 12.6. The average Bonchev–Trinajstić information content (AvgIpc) is 3.44. The molecule has 6 rings (SSSR count). The number of hydrogen-bond acceptors (Lipinski definition) is 4. The number of nitrogens with one attached hydrogen (secondary N) is 1. The normalized spacial score (nSPS) is 17.0. The Morgan fingerprint density at radius 1 is 0.818 bits per heavy atom. The third-order valence-electron chi connectivity index (χ3n) is 9.64. The van der Waals surface area contributed by atoms with Crippen LogP contribution in [-0.2, 0) is 13.0 Å². The highest BCUT2D eigenvalue weighted by Gasteiger charge is 2.21. The predicted molar refractivity (Wildman–Crippen MR) is 184 cm³/mol. The Morgan fingerprint density at radius 3 is 2.30 bits per heavy atom. The number of piperidine rings is 1. The summed E-state index contributed by atoms with van der Waals surface area (Å²) in [4.78, 5) is 23.9. The number of nitrogens with zero attached hydrogens (tertiary/aromatic N) is 3. The van der Waals surface area contributed by atoms with E-state index in [1.165, 1.54) is 41.5 Å². The fourth-order valence-electron chi connectivity index (χ4n) is 6.87. The van der Waals surface area contributed by atoms with Gasteiger partial charge >= 0.3 is 0 Å². The third kappa shape index (κ3) is 8.06. The molecule has 7 heteroatoms. The van der Waals surface area contributed by atoms with E-state index in [9.17, 15) is 4.79 Å². The van der Waals surface area contributed by atoms with Crippen molar-refractivity contribution in [1.82, 2.24) is 14.8 Å². The smallest absolute Gasteiger partial charge is 0.162 e. The number of ketones is 1. The van der Waals surface area contributed by atoms with Crippen LogP contribution in [0.25, 0.3) is 10.9 Å². The van der Waals surface area contributed by atoms with Crippen LogP contribution in [0.15, 0.2) is 72.9 Å². The van der Waals surface area contributed by atoms with Crippen molar-refractivity contribution >= 4 is 45.6 Å². The number of likely N-dealkylation sites (tertiary alicyclic amines) is 1. The van der Waals surface area contributed by atoms with Gasteiger partial charge in [-0.2, -0.15) is 0 Å². The maximum Gasteiger partial charge on any atom is 0.162 e. The lowest BCUT2D eigenvalue weighted by molar-refractivity contribution is 0.0961. The summed E-state index contributed by atoms with van der Waals surface area (Å²) in [5.74, 6) is 0.946. The molecule has 0 aliphatic carbocycles. The third-order valence-corrected chi connectivity index (χ3v) is 10.4. The Bertz CT molecular complexity index is 1500. The molecule has 5 nitrogen and oxygen atoms in total. The number of unbranched alkanes of at least 4 members (excludes halogenated alkanes) is 1. The largest absolute Gasteiger partial charge is 0.369 e. The van der Waals surface area contributed by atoms with Gasteiger partial charge in [0.05, 0.1) is 10.0 Å². The van der Waals surface area contributed by atoms with Crippen LogP contribution in [-0.4, -0.2) is 66.4 Å². The highest BCUT2D eigenvalue weighted by Crippen LogP contribution is 2.30. The van der Waals surface area contributed by atoms with E-state index >= 15 is 0 Å². The molecule has 1 N–H and O–H groups in total. The number of hydrogen-bond donors (Lipinski definition) is 1. The lowest BCUT2D eigenvalue weighted by atomic mass is 9.90. The molecule has 2 fully saturated rings. The number of aromatic amines is 1. The van der Waals surface area contributed by atoms with Gasteiger partial charge in [-0.25, -0.2) is 0 Å². The molecule has 232 valence electrons. The first-order valence-electron chi connectivity index (χ1n) is 16.3. The Balaban J connectivity index is 0.874. The molecule has 44 heavy (non-hydrogen) atoms. The number of carbonyl (C=O) groups is 1. The van der Waals surface area contributed by atoms with Gasteiger partial charge in [-0.3, -0.25) is 14.6 Å². The van der Waals surface area contributed by atoms with Gasteiger partial charge in [-0.1, -0.05) is 53.5 Å². The van der Waals surface area contributed by atoms with Crippen molar-refractivity contribution in [2.75, 3.05) is 50.7 Å². The summed E-state index contributed by atoms with van der Waals surface area (Å²) in [5, 5.41) is 2.38. The first-order chi connectivity index (χ1) is 21.5. The SMILES string of the molecule is O=C(CCC1CCN(Cc2ccccc2)CC1)c1ccc(N2CCN(CCCCc3c[nH]c4cc(Cl)c(Cl)cc34)CC2)cc1. The first-order valence-corrected chi connectivity index (χ1v) is 17.1. The van der Waals surface area contributed by atoms with Crippen LogP contribution in [0.3, 0.4) is 0 Å². The molecule has 4 aromatic rings. The molecule has 3 aromatic carbocycles. The zero-order chi connectivity index (χ0) is 30.3. The van der Waals surface area contributed by atoms with Gasteiger partial charge < -0.3 is 9.88 Å². The number of Topliss-reactive ketones (excluding diaryl/α,β-unsaturated/α-hetero) is 1. The van der Waals surface area contributed by atoms with Gasteiger partial charge in [-0.15, -0.1) is 0 Å². The quantitative estimate of drug-likeness (QED) is 0.126. The fraction of sp³-hybridized carbons (Fsp3) is 0.432. The van der Waals surface area contributed by atoms with Crippen molar-refractivity contribution in [2.24, 2.45) is 5.92 Å². The molecular weight excluding hydrogens is 587 g/mol. The van der Waals surface area contributed by atoms with Gasteiger partial charge in [0.2, 0.25) is 0 Å². The second kappa shape index (κ2) is 15.0. The zero-order valence-electron chi connectivity index (χ0n) is 25.6. The lowest BCUT2D eigenvalue weighted by Crippen LogP contribution is -2.46. The molecule has 1 aromatic heterocycles. The number of piperazine rings is 1. The number of rotatable bonds is 12. The minimum atomic E-state index is 0.285. The first kappa shape index (κ1) is 31.2. The summed E-state index contributed by atoms with van der Waals surface area (Å²) in [6.45, 7) is 8.63. The molecule has 2 saturated heterocycles. The van der Waals surface area contributed by atoms with Gasteiger partial charge in [0.25, 0.3) is 0 Å². The highest BCUT2D eigenvalue weighted by molar-refractivity contribution is 6.42. The maximum absolute atomic E-state index is 13.0. The van der Waals surface area contributed by atoms with E-state index < -0.39 is 0 Å². The number of aryl methyl sites for hydroxylation is 1. The van der Waals surface area contributed by atoms with E-state index in [4.69, 9.17) is 23.2 Å². The van der Waals surface area contributed by atoms with E-state index in [2.05, 4.69) is 68.3 Å². The summed E-state index contributed by atoms with van der Waals surface area (Å²) in [6.07, 6.45) is 9.51. The molecular formula is C37H44Cl2N4O. The summed E-state index contributed by atoms with van der Waals surface area (Å²) in [6, 6.07) is 23.0. The van der Waals surface area contributed by atoms with Crippen LogP contribution in [0.1, 0.15) is 60.0 Å². The Hall–Kier alpha value is -2.83. The molecule has 0 radical (unpaired) electrons. The van der Waals surface area contributed by atoms with E-state index in [0.29, 0.717) is 22.4 Å². The van der Waals surface area contributed by atoms with Crippen molar-refractivity contribution in [3.8, 4) is 0 Å². The molecule has 0 amide bonds. The standard InChI is InChI=1S/C37H44Cl2N4O/c38-34-24-33-31(26-40-36(33)25-35(34)39)8-4-5-17-41-20-22-43(23-21-41)32-12-10-30(11-13-32)37(44)14-9-28-15-18-42(19-16-28)27-29-6-2-1-3-7-29/h1-3,6-7,10-13,24-26,28,40H,4-5,8-9,14-23,27H2. The number of benzene rings is 3. The van der Waals surface area contributed by atoms with E-state index in [-0.39, 0.29) is 5.78 Å². The van der Waals surface area contributed by atoms with E-state index in [0.717, 1.165) is 82.7 Å². The second-order valence-corrected chi connectivity index (χ2v) is 13.4. The molecule has 0 atom stereocenters. The lowest BCUT2D eigenvalue weighted by Gasteiger charge is -2.36. The number of aromatic nitrogens is 1. The van der Waals surface area contributed by atoms with Gasteiger partial charge in [0.1, 0.15) is 0 Å². The molecule has 0 spiro atoms. The van der Waals surface area contributed by atoms with Gasteiger partial charge in [-0.05, 0) is 112 Å². The van der Waals surface area contributed by atoms with Crippen molar-refractivity contribution in [3.63, 3.8) is 0 Å². The summed E-state index contributed by atoms with van der Waals surface area (Å²) >= 11 is 12.4. The number of fused-ring (bicyclic) bond motifs is 1. The Kier molecular flexibility index (Phi) is 10.6. The van der Waals surface area contributed by atoms with Crippen LogP contribution in [0.5, 0.6) is 0 Å². The average molecular weight is 632 g/mol. The number of H-pyrrole nitrogens is 1. The van der Waals surface area contributed by atoms with Gasteiger partial charge in [0.15, 0.2) is 5.78 Å². The number of anilines is 1. The fourth-order valence-corrected chi connectivity index (χ4v) is 7.20. The molecule has 0 unspecified atom stereocenters. The van der Waals surface area contributed by atoms with Crippen molar-refractivity contribution in [2.45, 2.75) is 51.5 Å². The van der Waals surface area contributed by atoms with Crippen molar-refractivity contribution < 1.29 is 4.79 Å². The minimum absolute atomic E-state index is 0.285. The van der Waals surface area contributed by atoms with Crippen LogP contribution in [0.4, 0.5) is 5.69 Å². The highest BCUT2D eigenvalue weighted by atomic mass is 35.5. The molecule has 3 heterocycles. The number of halogens is 2. The van der Waals surface area contributed by atoms with Crippen molar-refractivity contribution in [3.05, 3.63) is 99.7 Å². The van der Waals surface area contributed by atoms with Gasteiger partial charge in [0, 0.05) is 67.5 Å². The number of carbonyl (C=O) groups excluding carboxylic acids is 1. The molecule has 0 saturated carbocycles. The van der Waals surface area contributed by atoms with Crippen LogP contribution >= 0.6 is 23.2 Å². The summed E-state index contributed by atoms with van der Waals surface area (Å²) in [7, 11) is 0. The van der Waals surface area contributed by atoms with Crippen molar-refractivity contribution in [1.29, 1.82) is 0 Å². The predicted octanol–water partition coefficient (Wildman–Crippen LogP) is 8.49. The Labute approximate surface area is 272 Å². The molecule has 0 bridgehead atoms. The van der Waals surface area contributed by atoms with Crippen LogP contribution in [0.2, 0.25) is 10.0 Å². The van der Waals surface area contributed by atoms with E-state index in [1.54, 1.807) is 0 Å². The summed E-state index contributed by atoms with van der Waals surface area (Å²) < 4.78 is 0. The topological polar surface area (TPSA) is 42.6 Å². The molecule has 2 aliphatic rings. The Morgan fingerprint density at radius 2 is 1.55 bits per heavy atom. The van der Waals surface area contributed by atoms with Crippen LogP contribution in [0, 0.1) is 5.92 Å². The summed E-state index contributed by atoms with van der Waals surface area (Å²) in [5.41, 5.74) is 5.83. The molecule has 2 aliphatic heterocycles. The maximum atomic E-state index is 13.0. The van der Waals surface area contributed by atoms with Crippen LogP contribution < -0.4 is 4.90 Å². The zero-order valence-corrected chi connectivity index (χ0v) is 27.1. The monoisotopic (exact) mass is 630 g/mol.